The Morgan fingerprint density at radius 3 is 2.40 bits per heavy atom. The summed E-state index contributed by atoms with van der Waals surface area (Å²) in [5.41, 5.74) is -0.240. The van der Waals surface area contributed by atoms with E-state index in [0.717, 1.165) is 25.7 Å². The first-order chi connectivity index (χ1) is 8.91. The number of hydrogen-bond acceptors (Lipinski definition) is 3. The van der Waals surface area contributed by atoms with Crippen molar-refractivity contribution in [2.45, 2.75) is 40.2 Å². The Bertz CT molecular complexity index is 259. The number of aliphatic imine (C=N–C) groups is 1. The second-order valence-electron chi connectivity index (χ2n) is 5.55. The fourth-order valence-electron chi connectivity index (χ4n) is 1.24. The fraction of sp³-hybridized carbons (Fsp3) is 0.929. The molecule has 0 rings (SSSR count). The molecule has 0 aromatic carbocycles. The van der Waals surface area contributed by atoms with Crippen LogP contribution in [0.5, 0.6) is 0 Å². The maximum Gasteiger partial charge on any atom is 0.191 e. The maximum absolute atomic E-state index is 5.52. The molecule has 0 atom stereocenters. The molecule has 0 saturated heterocycles. The SMILES string of the molecule is CCNC(=NCC(C)(C)OC)NCCOCC(C)C.I. The average molecular weight is 401 g/mol. The molecule has 122 valence electrons. The van der Waals surface area contributed by atoms with E-state index in [9.17, 15) is 0 Å². The second kappa shape index (κ2) is 12.6. The fourth-order valence-corrected chi connectivity index (χ4v) is 1.24. The number of nitrogens with one attached hydrogen (secondary N) is 2. The number of nitrogens with zero attached hydrogens (tertiary/aromatic N) is 1. The standard InChI is InChI=1S/C14H31N3O2.HI/c1-7-15-13(17-11-14(4,5)18-6)16-8-9-19-10-12(2)3;/h12H,7-11H2,1-6H3,(H2,15,16,17);1H. The summed E-state index contributed by atoms with van der Waals surface area (Å²) in [5, 5.41) is 6.46. The van der Waals surface area contributed by atoms with Gasteiger partial charge in [-0.3, -0.25) is 4.99 Å². The van der Waals surface area contributed by atoms with E-state index in [-0.39, 0.29) is 29.6 Å². The molecule has 0 fully saturated rings. The largest absolute Gasteiger partial charge is 0.379 e. The van der Waals surface area contributed by atoms with Crippen molar-refractivity contribution in [3.63, 3.8) is 0 Å². The quantitative estimate of drug-likeness (QED) is 0.269. The molecule has 2 N–H and O–H groups in total. The van der Waals surface area contributed by atoms with Gasteiger partial charge in [-0.1, -0.05) is 13.8 Å². The van der Waals surface area contributed by atoms with Crippen molar-refractivity contribution in [2.24, 2.45) is 10.9 Å². The maximum atomic E-state index is 5.52. The van der Waals surface area contributed by atoms with Crippen LogP contribution in [0.2, 0.25) is 0 Å². The normalized spacial score (nSPS) is 12.2. The molecule has 0 aliphatic rings. The van der Waals surface area contributed by atoms with E-state index in [1.54, 1.807) is 7.11 Å². The van der Waals surface area contributed by atoms with Gasteiger partial charge in [0, 0.05) is 26.8 Å². The minimum Gasteiger partial charge on any atom is -0.379 e. The lowest BCUT2D eigenvalue weighted by Crippen LogP contribution is -2.40. The monoisotopic (exact) mass is 401 g/mol. The minimum absolute atomic E-state index is 0. The van der Waals surface area contributed by atoms with Gasteiger partial charge in [-0.15, -0.1) is 24.0 Å². The van der Waals surface area contributed by atoms with Gasteiger partial charge in [0.2, 0.25) is 0 Å². The topological polar surface area (TPSA) is 54.9 Å². The average Bonchev–Trinajstić information content (AvgIpc) is 2.35. The molecular formula is C14H32IN3O2. The molecule has 0 saturated carbocycles. The van der Waals surface area contributed by atoms with Crippen LogP contribution in [0.3, 0.4) is 0 Å². The summed E-state index contributed by atoms with van der Waals surface area (Å²) in [6.07, 6.45) is 0. The molecule has 20 heavy (non-hydrogen) atoms. The van der Waals surface area contributed by atoms with Gasteiger partial charge >= 0.3 is 0 Å². The van der Waals surface area contributed by atoms with Gasteiger partial charge in [0.15, 0.2) is 5.96 Å². The van der Waals surface area contributed by atoms with Crippen molar-refractivity contribution >= 4 is 29.9 Å². The number of methoxy groups -OCH3 is 1. The van der Waals surface area contributed by atoms with Crippen LogP contribution >= 0.6 is 24.0 Å². The van der Waals surface area contributed by atoms with Crippen LogP contribution in [0.1, 0.15) is 34.6 Å². The Hall–Kier alpha value is -0.0800. The van der Waals surface area contributed by atoms with Crippen molar-refractivity contribution in [1.82, 2.24) is 10.6 Å². The van der Waals surface area contributed by atoms with Gasteiger partial charge < -0.3 is 20.1 Å². The zero-order valence-electron chi connectivity index (χ0n) is 13.8. The van der Waals surface area contributed by atoms with Crippen molar-refractivity contribution in [1.29, 1.82) is 0 Å². The lowest BCUT2D eigenvalue weighted by atomic mass is 10.1. The van der Waals surface area contributed by atoms with Crippen molar-refractivity contribution < 1.29 is 9.47 Å². The van der Waals surface area contributed by atoms with Gasteiger partial charge in [0.1, 0.15) is 0 Å². The Morgan fingerprint density at radius 2 is 1.90 bits per heavy atom. The highest BCUT2D eigenvalue weighted by atomic mass is 127. The first-order valence-electron chi connectivity index (χ1n) is 7.06. The molecule has 0 amide bonds. The van der Waals surface area contributed by atoms with Crippen LogP contribution in [-0.2, 0) is 9.47 Å². The Labute approximate surface area is 141 Å². The number of ether oxygens (including phenoxy) is 2. The van der Waals surface area contributed by atoms with Gasteiger partial charge in [-0.25, -0.2) is 0 Å². The smallest absolute Gasteiger partial charge is 0.191 e. The van der Waals surface area contributed by atoms with Gasteiger partial charge in [0.05, 0.1) is 18.8 Å². The highest BCUT2D eigenvalue weighted by Gasteiger charge is 2.15. The zero-order valence-corrected chi connectivity index (χ0v) is 16.1. The summed E-state index contributed by atoms with van der Waals surface area (Å²) >= 11 is 0. The van der Waals surface area contributed by atoms with E-state index in [0.29, 0.717) is 19.1 Å². The first kappa shape index (κ1) is 22.2. The molecule has 0 aliphatic heterocycles. The van der Waals surface area contributed by atoms with Crippen LogP contribution < -0.4 is 10.6 Å². The Balaban J connectivity index is 0. The van der Waals surface area contributed by atoms with Gasteiger partial charge in [-0.2, -0.15) is 0 Å². The number of guanidine groups is 1. The summed E-state index contributed by atoms with van der Waals surface area (Å²) < 4.78 is 10.9. The Kier molecular flexibility index (Phi) is 14.0. The van der Waals surface area contributed by atoms with E-state index < -0.39 is 0 Å². The predicted octanol–water partition coefficient (Wildman–Crippen LogP) is 2.26. The third kappa shape index (κ3) is 12.9. The molecule has 6 heteroatoms. The molecule has 0 aromatic heterocycles. The predicted molar refractivity (Wildman–Crippen MR) is 96.1 cm³/mol. The van der Waals surface area contributed by atoms with E-state index in [1.165, 1.54) is 0 Å². The molecule has 0 spiro atoms. The molecule has 0 bridgehead atoms. The van der Waals surface area contributed by atoms with Crippen LogP contribution in [0, 0.1) is 5.92 Å². The molecular weight excluding hydrogens is 369 g/mol. The van der Waals surface area contributed by atoms with Gasteiger partial charge in [-0.05, 0) is 26.7 Å². The third-order valence-corrected chi connectivity index (χ3v) is 2.50. The summed E-state index contributed by atoms with van der Waals surface area (Å²) in [6, 6.07) is 0. The number of rotatable bonds is 9. The summed E-state index contributed by atoms with van der Waals surface area (Å²) in [5.74, 6) is 1.38. The van der Waals surface area contributed by atoms with Crippen molar-refractivity contribution in [3.8, 4) is 0 Å². The van der Waals surface area contributed by atoms with E-state index in [4.69, 9.17) is 9.47 Å². The number of halogens is 1. The lowest BCUT2D eigenvalue weighted by Gasteiger charge is -2.21. The van der Waals surface area contributed by atoms with Crippen molar-refractivity contribution in [2.75, 3.05) is 40.0 Å². The van der Waals surface area contributed by atoms with E-state index in [1.807, 2.05) is 20.8 Å². The minimum atomic E-state index is -0.240. The highest BCUT2D eigenvalue weighted by Crippen LogP contribution is 2.06. The summed E-state index contributed by atoms with van der Waals surface area (Å²) in [7, 11) is 1.70. The van der Waals surface area contributed by atoms with E-state index in [2.05, 4.69) is 29.5 Å². The Morgan fingerprint density at radius 1 is 1.25 bits per heavy atom. The van der Waals surface area contributed by atoms with Crippen LogP contribution in [0.15, 0.2) is 4.99 Å². The summed E-state index contributed by atoms with van der Waals surface area (Å²) in [6.45, 7) is 14.1. The molecule has 0 radical (unpaired) electrons. The first-order valence-corrected chi connectivity index (χ1v) is 7.06. The van der Waals surface area contributed by atoms with E-state index >= 15 is 0 Å². The molecule has 0 heterocycles. The third-order valence-electron chi connectivity index (χ3n) is 2.50. The van der Waals surface area contributed by atoms with Crippen LogP contribution in [0.25, 0.3) is 0 Å². The highest BCUT2D eigenvalue weighted by molar-refractivity contribution is 14.0. The number of hydrogen-bond donors (Lipinski definition) is 2. The molecule has 0 aliphatic carbocycles. The van der Waals surface area contributed by atoms with Crippen LogP contribution in [0.4, 0.5) is 0 Å². The van der Waals surface area contributed by atoms with Crippen molar-refractivity contribution in [3.05, 3.63) is 0 Å². The lowest BCUT2D eigenvalue weighted by molar-refractivity contribution is 0.0310. The molecule has 5 nitrogen and oxygen atoms in total. The summed E-state index contributed by atoms with van der Waals surface area (Å²) in [4.78, 5) is 4.50. The van der Waals surface area contributed by atoms with Crippen LogP contribution in [-0.4, -0.2) is 51.5 Å². The second-order valence-corrected chi connectivity index (χ2v) is 5.55. The molecule has 0 unspecified atom stereocenters. The van der Waals surface area contributed by atoms with Gasteiger partial charge in [0.25, 0.3) is 0 Å². The molecule has 0 aromatic rings. The zero-order chi connectivity index (χ0) is 14.7.